The van der Waals surface area contributed by atoms with Crippen LogP contribution in [0.2, 0.25) is 0 Å². The van der Waals surface area contributed by atoms with E-state index in [4.69, 9.17) is 4.42 Å². The van der Waals surface area contributed by atoms with Crippen LogP contribution in [-0.4, -0.2) is 54.6 Å². The van der Waals surface area contributed by atoms with Crippen molar-refractivity contribution in [3.8, 4) is 0 Å². The minimum absolute atomic E-state index is 0.0255. The number of hydrogen-bond donors (Lipinski definition) is 1. The molecule has 37 heavy (non-hydrogen) atoms. The Labute approximate surface area is 217 Å². The van der Waals surface area contributed by atoms with E-state index >= 15 is 0 Å². The van der Waals surface area contributed by atoms with Gasteiger partial charge in [0.05, 0.1) is 12.0 Å². The topological polar surface area (TPSA) is 77.2 Å². The van der Waals surface area contributed by atoms with Gasteiger partial charge in [0.1, 0.15) is 11.4 Å². The van der Waals surface area contributed by atoms with Crippen LogP contribution in [0.5, 0.6) is 0 Å². The predicted octanol–water partition coefficient (Wildman–Crippen LogP) is 5.31. The lowest BCUT2D eigenvalue weighted by Crippen LogP contribution is -2.47. The Hall–Kier alpha value is -3.69. The second-order valence-electron chi connectivity index (χ2n) is 9.47. The third-order valence-corrected chi connectivity index (χ3v) is 8.13. The number of amides is 1. The predicted molar refractivity (Wildman–Crippen MR) is 142 cm³/mol. The Kier molecular flexibility index (Phi) is 6.18. The zero-order valence-electron chi connectivity index (χ0n) is 20.2. The molecule has 1 amide bonds. The van der Waals surface area contributed by atoms with Crippen LogP contribution < -0.4 is 9.80 Å². The molecule has 2 aromatic heterocycles. The van der Waals surface area contributed by atoms with Crippen LogP contribution >= 0.6 is 11.3 Å². The first kappa shape index (κ1) is 23.7. The van der Waals surface area contributed by atoms with Crippen molar-refractivity contribution < 1.29 is 23.5 Å². The third kappa shape index (κ3) is 4.49. The highest BCUT2D eigenvalue weighted by atomic mass is 32.1. The molecule has 0 atom stereocenters. The number of aryl methyl sites for hydroxylation is 1. The summed E-state index contributed by atoms with van der Waals surface area (Å²) in [4.78, 5) is 30.5. The van der Waals surface area contributed by atoms with Crippen LogP contribution in [0.25, 0.3) is 10.1 Å². The molecule has 9 heteroatoms. The van der Waals surface area contributed by atoms with E-state index in [-0.39, 0.29) is 23.2 Å². The zero-order valence-corrected chi connectivity index (χ0v) is 21.0. The number of piperazine rings is 1. The standard InChI is InChI=1S/C28H26FN3O4S/c29-20-16-24(21-7-14-37-25(21)17-20)31-11-9-30(10-12-31)8-5-18-1-2-19-3-4-26(33)32(23(19)15-18)27-22(28(34)35)6-13-36-27/h1-2,6-7,13-17H,3-5,8-12H2,(H,34,35). The molecule has 0 bridgehead atoms. The maximum Gasteiger partial charge on any atom is 0.341 e. The smallest absolute Gasteiger partial charge is 0.341 e. The maximum absolute atomic E-state index is 14.1. The number of aromatic carboxylic acids is 1. The van der Waals surface area contributed by atoms with E-state index in [0.717, 1.165) is 66.0 Å². The normalized spacial score (nSPS) is 16.4. The van der Waals surface area contributed by atoms with Crippen LogP contribution in [0.1, 0.15) is 27.9 Å². The van der Waals surface area contributed by atoms with Crippen LogP contribution in [0.15, 0.2) is 58.5 Å². The summed E-state index contributed by atoms with van der Waals surface area (Å²) >= 11 is 1.56. The third-order valence-electron chi connectivity index (χ3n) is 7.27. The Morgan fingerprint density at radius 3 is 2.68 bits per heavy atom. The summed E-state index contributed by atoms with van der Waals surface area (Å²) in [6.07, 6.45) is 3.03. The average Bonchev–Trinajstić information content (AvgIpc) is 3.57. The summed E-state index contributed by atoms with van der Waals surface area (Å²) in [7, 11) is 0. The van der Waals surface area contributed by atoms with E-state index in [1.54, 1.807) is 23.5 Å². The Balaban J connectivity index is 1.14. The number of fused-ring (bicyclic) bond motifs is 2. The Morgan fingerprint density at radius 1 is 1.03 bits per heavy atom. The molecule has 7 nitrogen and oxygen atoms in total. The van der Waals surface area contributed by atoms with Crippen molar-refractivity contribution in [3.05, 3.63) is 76.6 Å². The lowest BCUT2D eigenvalue weighted by Gasteiger charge is -2.36. The van der Waals surface area contributed by atoms with Gasteiger partial charge in [-0.25, -0.2) is 14.1 Å². The van der Waals surface area contributed by atoms with Crippen LogP contribution in [0.4, 0.5) is 21.6 Å². The monoisotopic (exact) mass is 519 g/mol. The number of nitrogens with zero attached hydrogens (tertiary/aromatic N) is 3. The minimum atomic E-state index is -1.13. The first-order valence-corrected chi connectivity index (χ1v) is 13.3. The van der Waals surface area contributed by atoms with Crippen molar-refractivity contribution in [1.82, 2.24) is 4.90 Å². The molecular formula is C28H26FN3O4S. The van der Waals surface area contributed by atoms with Crippen LogP contribution in [-0.2, 0) is 17.6 Å². The summed E-state index contributed by atoms with van der Waals surface area (Å²) in [6, 6.07) is 12.8. The van der Waals surface area contributed by atoms with E-state index in [2.05, 4.69) is 21.9 Å². The summed E-state index contributed by atoms with van der Waals surface area (Å²) in [5.41, 5.74) is 3.72. The Bertz CT molecular complexity index is 1490. The lowest BCUT2D eigenvalue weighted by molar-refractivity contribution is -0.118. The van der Waals surface area contributed by atoms with Crippen molar-refractivity contribution in [2.75, 3.05) is 42.5 Å². The summed E-state index contributed by atoms with van der Waals surface area (Å²) in [5, 5.41) is 12.6. The van der Waals surface area contributed by atoms with Gasteiger partial charge in [0.25, 0.3) is 0 Å². The van der Waals surface area contributed by atoms with Gasteiger partial charge in [-0.2, -0.15) is 0 Å². The van der Waals surface area contributed by atoms with Gasteiger partial charge in [-0.05, 0) is 59.7 Å². The molecule has 2 aliphatic rings. The van der Waals surface area contributed by atoms with E-state index in [9.17, 15) is 19.1 Å². The van der Waals surface area contributed by atoms with Crippen molar-refractivity contribution in [1.29, 1.82) is 0 Å². The molecule has 1 saturated heterocycles. The fourth-order valence-corrected chi connectivity index (χ4v) is 6.14. The summed E-state index contributed by atoms with van der Waals surface area (Å²) < 4.78 is 20.6. The number of carbonyl (C=O) groups is 2. The van der Waals surface area contributed by atoms with Crippen LogP contribution in [0.3, 0.4) is 0 Å². The Morgan fingerprint density at radius 2 is 1.86 bits per heavy atom. The van der Waals surface area contributed by atoms with E-state index in [1.807, 2.05) is 17.5 Å². The first-order valence-electron chi connectivity index (χ1n) is 12.4. The molecule has 0 aliphatic carbocycles. The molecule has 1 N–H and O–H groups in total. The average molecular weight is 520 g/mol. The SMILES string of the molecule is O=C(O)c1ccoc1N1C(=O)CCc2ccc(CCN3CCN(c4cc(F)cc5sccc45)CC3)cc21. The molecule has 0 radical (unpaired) electrons. The van der Waals surface area contributed by atoms with E-state index in [1.165, 1.54) is 17.2 Å². The maximum atomic E-state index is 14.1. The number of benzene rings is 2. The zero-order chi connectivity index (χ0) is 25.5. The number of carboxylic acid groups (broad SMARTS) is 1. The number of carbonyl (C=O) groups excluding carboxylic acids is 1. The largest absolute Gasteiger partial charge is 0.477 e. The van der Waals surface area contributed by atoms with Gasteiger partial charge in [0, 0.05) is 54.9 Å². The quantitative estimate of drug-likeness (QED) is 0.372. The molecule has 0 unspecified atom stereocenters. The van der Waals surface area contributed by atoms with E-state index < -0.39 is 5.97 Å². The molecule has 4 aromatic rings. The van der Waals surface area contributed by atoms with E-state index in [0.29, 0.717) is 18.5 Å². The number of carboxylic acids is 1. The van der Waals surface area contributed by atoms with Gasteiger partial charge < -0.3 is 14.4 Å². The van der Waals surface area contributed by atoms with Gasteiger partial charge in [-0.3, -0.25) is 9.69 Å². The highest BCUT2D eigenvalue weighted by molar-refractivity contribution is 7.17. The van der Waals surface area contributed by atoms with Gasteiger partial charge in [-0.15, -0.1) is 11.3 Å². The molecule has 190 valence electrons. The highest BCUT2D eigenvalue weighted by Crippen LogP contribution is 2.37. The lowest BCUT2D eigenvalue weighted by atomic mass is 9.97. The molecule has 2 aromatic carbocycles. The number of halogens is 1. The van der Waals surface area contributed by atoms with Crippen molar-refractivity contribution in [2.24, 2.45) is 0 Å². The molecule has 0 saturated carbocycles. The first-order chi connectivity index (χ1) is 18.0. The number of anilines is 3. The molecule has 4 heterocycles. The molecular weight excluding hydrogens is 493 g/mol. The number of hydrogen-bond acceptors (Lipinski definition) is 6. The van der Waals surface area contributed by atoms with Crippen molar-refractivity contribution in [2.45, 2.75) is 19.3 Å². The molecule has 0 spiro atoms. The summed E-state index contributed by atoms with van der Waals surface area (Å²) in [5.74, 6) is -1.44. The van der Waals surface area contributed by atoms with Crippen molar-refractivity contribution >= 4 is 50.6 Å². The minimum Gasteiger partial charge on any atom is -0.477 e. The van der Waals surface area contributed by atoms with Gasteiger partial charge >= 0.3 is 5.97 Å². The fraction of sp³-hybridized carbons (Fsp3) is 0.286. The van der Waals surface area contributed by atoms with Crippen molar-refractivity contribution in [3.63, 3.8) is 0 Å². The second kappa shape index (κ2) is 9.64. The van der Waals surface area contributed by atoms with Gasteiger partial charge in [-0.1, -0.05) is 12.1 Å². The van der Waals surface area contributed by atoms with Gasteiger partial charge in [0.15, 0.2) is 0 Å². The second-order valence-corrected chi connectivity index (χ2v) is 10.4. The number of rotatable bonds is 6. The molecule has 6 rings (SSSR count). The number of furan rings is 1. The molecule has 1 fully saturated rings. The number of thiophene rings is 1. The van der Waals surface area contributed by atoms with Gasteiger partial charge in [0.2, 0.25) is 11.8 Å². The summed E-state index contributed by atoms with van der Waals surface area (Å²) in [6.45, 7) is 4.28. The molecule has 2 aliphatic heterocycles. The fourth-order valence-electron chi connectivity index (χ4n) is 5.31. The highest BCUT2D eigenvalue weighted by Gasteiger charge is 2.31. The van der Waals surface area contributed by atoms with Crippen LogP contribution in [0, 0.1) is 5.82 Å².